The topological polar surface area (TPSA) is 70.1 Å². The standard InChI is InChI=1S/C13H23N3O/c1-11(6-9-14)16(2)12(17)13(10-15)7-4-3-5-8-13/h11H,3-8,10,15H2,1-2H3. The number of nitrogens with two attached hydrogens (primary N) is 1. The summed E-state index contributed by atoms with van der Waals surface area (Å²) < 4.78 is 0. The molecular weight excluding hydrogens is 214 g/mol. The number of hydrogen-bond acceptors (Lipinski definition) is 3. The lowest BCUT2D eigenvalue weighted by Gasteiger charge is -2.39. The quantitative estimate of drug-likeness (QED) is 0.808. The molecule has 0 aromatic heterocycles. The Kier molecular flexibility index (Phi) is 4.95. The van der Waals surface area contributed by atoms with Crippen LogP contribution in [0.3, 0.4) is 0 Å². The molecule has 0 spiro atoms. The van der Waals surface area contributed by atoms with Crippen LogP contribution in [0.15, 0.2) is 0 Å². The van der Waals surface area contributed by atoms with Gasteiger partial charge in [0.2, 0.25) is 5.91 Å². The van der Waals surface area contributed by atoms with Gasteiger partial charge in [-0.2, -0.15) is 5.26 Å². The molecule has 0 bridgehead atoms. The van der Waals surface area contributed by atoms with Crippen molar-refractivity contribution in [2.24, 2.45) is 11.1 Å². The molecule has 1 aliphatic carbocycles. The van der Waals surface area contributed by atoms with Gasteiger partial charge in [-0.05, 0) is 19.8 Å². The van der Waals surface area contributed by atoms with Gasteiger partial charge < -0.3 is 10.6 Å². The van der Waals surface area contributed by atoms with Crippen LogP contribution in [0.4, 0.5) is 0 Å². The number of nitriles is 1. The van der Waals surface area contributed by atoms with Crippen LogP contribution in [-0.4, -0.2) is 30.4 Å². The molecule has 0 aliphatic heterocycles. The average molecular weight is 237 g/mol. The molecule has 0 aromatic carbocycles. The zero-order valence-corrected chi connectivity index (χ0v) is 10.9. The third-order valence-corrected chi connectivity index (χ3v) is 4.02. The molecule has 1 fully saturated rings. The zero-order chi connectivity index (χ0) is 12.9. The number of carbonyl (C=O) groups is 1. The Bertz CT molecular complexity index is 302. The maximum Gasteiger partial charge on any atom is 0.230 e. The van der Waals surface area contributed by atoms with Crippen LogP contribution in [0, 0.1) is 16.7 Å². The Morgan fingerprint density at radius 2 is 2.06 bits per heavy atom. The van der Waals surface area contributed by atoms with Crippen molar-refractivity contribution in [2.45, 2.75) is 51.5 Å². The molecule has 0 aromatic rings. The number of rotatable bonds is 4. The van der Waals surface area contributed by atoms with E-state index in [4.69, 9.17) is 11.0 Å². The Hall–Kier alpha value is -1.08. The van der Waals surface area contributed by atoms with Crippen LogP contribution in [0.2, 0.25) is 0 Å². The summed E-state index contributed by atoms with van der Waals surface area (Å²) in [7, 11) is 1.79. The van der Waals surface area contributed by atoms with E-state index in [0.717, 1.165) is 25.7 Å². The van der Waals surface area contributed by atoms with E-state index < -0.39 is 0 Å². The molecule has 0 radical (unpaired) electrons. The van der Waals surface area contributed by atoms with E-state index in [1.54, 1.807) is 11.9 Å². The van der Waals surface area contributed by atoms with Crippen molar-refractivity contribution in [2.75, 3.05) is 13.6 Å². The highest BCUT2D eigenvalue weighted by Gasteiger charge is 2.40. The molecule has 1 atom stereocenters. The molecule has 4 heteroatoms. The van der Waals surface area contributed by atoms with E-state index in [9.17, 15) is 4.79 Å². The first-order chi connectivity index (χ1) is 8.07. The van der Waals surface area contributed by atoms with E-state index in [1.165, 1.54) is 6.42 Å². The second-order valence-corrected chi connectivity index (χ2v) is 5.17. The van der Waals surface area contributed by atoms with Crippen molar-refractivity contribution in [3.8, 4) is 6.07 Å². The van der Waals surface area contributed by atoms with Crippen molar-refractivity contribution in [3.05, 3.63) is 0 Å². The van der Waals surface area contributed by atoms with E-state index in [1.807, 2.05) is 6.92 Å². The molecule has 4 nitrogen and oxygen atoms in total. The Morgan fingerprint density at radius 3 is 2.53 bits per heavy atom. The number of carbonyl (C=O) groups excluding carboxylic acids is 1. The average Bonchev–Trinajstić information content (AvgIpc) is 2.38. The summed E-state index contributed by atoms with van der Waals surface area (Å²) in [6, 6.07) is 2.08. The van der Waals surface area contributed by atoms with Crippen molar-refractivity contribution < 1.29 is 4.79 Å². The molecule has 1 unspecified atom stereocenters. The van der Waals surface area contributed by atoms with Crippen LogP contribution in [0.25, 0.3) is 0 Å². The molecule has 0 heterocycles. The lowest BCUT2D eigenvalue weighted by molar-refractivity contribution is -0.144. The molecule has 1 aliphatic rings. The van der Waals surface area contributed by atoms with E-state index in [2.05, 4.69) is 6.07 Å². The molecule has 17 heavy (non-hydrogen) atoms. The summed E-state index contributed by atoms with van der Waals surface area (Å²) in [4.78, 5) is 14.2. The van der Waals surface area contributed by atoms with Crippen LogP contribution < -0.4 is 5.73 Å². The number of amides is 1. The molecule has 1 rings (SSSR count). The van der Waals surface area contributed by atoms with E-state index in [-0.39, 0.29) is 17.4 Å². The zero-order valence-electron chi connectivity index (χ0n) is 10.9. The van der Waals surface area contributed by atoms with Gasteiger partial charge >= 0.3 is 0 Å². The fourth-order valence-corrected chi connectivity index (χ4v) is 2.58. The molecular formula is C13H23N3O. The summed E-state index contributed by atoms with van der Waals surface area (Å²) in [6.45, 7) is 2.34. The predicted molar refractivity (Wildman–Crippen MR) is 67.0 cm³/mol. The maximum absolute atomic E-state index is 12.5. The van der Waals surface area contributed by atoms with E-state index >= 15 is 0 Å². The Balaban J connectivity index is 2.75. The Labute approximate surface area is 104 Å². The maximum atomic E-state index is 12.5. The van der Waals surface area contributed by atoms with Crippen molar-refractivity contribution >= 4 is 5.91 Å². The number of hydrogen-bond donors (Lipinski definition) is 1. The number of nitrogens with zero attached hydrogens (tertiary/aromatic N) is 2. The summed E-state index contributed by atoms with van der Waals surface area (Å²) >= 11 is 0. The van der Waals surface area contributed by atoms with Crippen molar-refractivity contribution in [1.29, 1.82) is 5.26 Å². The lowest BCUT2D eigenvalue weighted by atomic mass is 9.73. The molecule has 1 amide bonds. The SMILES string of the molecule is CC(CC#N)N(C)C(=O)C1(CN)CCCCC1. The first-order valence-corrected chi connectivity index (χ1v) is 6.41. The minimum Gasteiger partial charge on any atom is -0.341 e. The van der Waals surface area contributed by atoms with Gasteiger partial charge in [0.1, 0.15) is 0 Å². The molecule has 1 saturated carbocycles. The summed E-state index contributed by atoms with van der Waals surface area (Å²) in [5.74, 6) is 0.127. The van der Waals surface area contributed by atoms with Gasteiger partial charge in [0.05, 0.1) is 17.9 Å². The fraction of sp³-hybridized carbons (Fsp3) is 0.846. The highest BCUT2D eigenvalue weighted by Crippen LogP contribution is 2.37. The van der Waals surface area contributed by atoms with Gasteiger partial charge in [-0.3, -0.25) is 4.79 Å². The van der Waals surface area contributed by atoms with Gasteiger partial charge in [-0.25, -0.2) is 0 Å². The first-order valence-electron chi connectivity index (χ1n) is 6.41. The van der Waals surface area contributed by atoms with Gasteiger partial charge in [-0.15, -0.1) is 0 Å². The first kappa shape index (κ1) is 14.0. The molecule has 96 valence electrons. The Morgan fingerprint density at radius 1 is 1.47 bits per heavy atom. The highest BCUT2D eigenvalue weighted by atomic mass is 16.2. The fourth-order valence-electron chi connectivity index (χ4n) is 2.58. The van der Waals surface area contributed by atoms with Gasteiger partial charge in [0, 0.05) is 19.6 Å². The smallest absolute Gasteiger partial charge is 0.230 e. The second-order valence-electron chi connectivity index (χ2n) is 5.17. The van der Waals surface area contributed by atoms with Crippen molar-refractivity contribution in [1.82, 2.24) is 4.90 Å². The molecule has 0 saturated heterocycles. The van der Waals surface area contributed by atoms with Crippen LogP contribution >= 0.6 is 0 Å². The van der Waals surface area contributed by atoms with E-state index in [0.29, 0.717) is 13.0 Å². The third kappa shape index (κ3) is 2.98. The van der Waals surface area contributed by atoms with Crippen LogP contribution in [-0.2, 0) is 4.79 Å². The third-order valence-electron chi connectivity index (χ3n) is 4.02. The normalized spacial score (nSPS) is 20.4. The largest absolute Gasteiger partial charge is 0.341 e. The van der Waals surface area contributed by atoms with Gasteiger partial charge in [0.25, 0.3) is 0 Å². The van der Waals surface area contributed by atoms with Crippen LogP contribution in [0.5, 0.6) is 0 Å². The van der Waals surface area contributed by atoms with Gasteiger partial charge in [0.15, 0.2) is 0 Å². The van der Waals surface area contributed by atoms with Crippen LogP contribution in [0.1, 0.15) is 45.4 Å². The summed E-state index contributed by atoms with van der Waals surface area (Å²) in [5.41, 5.74) is 5.47. The summed E-state index contributed by atoms with van der Waals surface area (Å²) in [5, 5.41) is 8.69. The second kappa shape index (κ2) is 6.02. The minimum absolute atomic E-state index is 0.0298. The van der Waals surface area contributed by atoms with Gasteiger partial charge in [-0.1, -0.05) is 19.3 Å². The minimum atomic E-state index is -0.364. The molecule has 2 N–H and O–H groups in total. The lowest BCUT2D eigenvalue weighted by Crippen LogP contribution is -2.50. The monoisotopic (exact) mass is 237 g/mol. The van der Waals surface area contributed by atoms with Crippen molar-refractivity contribution in [3.63, 3.8) is 0 Å². The highest BCUT2D eigenvalue weighted by molar-refractivity contribution is 5.83. The predicted octanol–water partition coefficient (Wildman–Crippen LogP) is 1.66. The summed E-state index contributed by atoms with van der Waals surface area (Å²) in [6.07, 6.45) is 5.54.